The lowest BCUT2D eigenvalue weighted by Crippen LogP contribution is -2.26. The van der Waals surface area contributed by atoms with Crippen molar-refractivity contribution in [1.82, 2.24) is 15.3 Å². The predicted octanol–water partition coefficient (Wildman–Crippen LogP) is 2.97. The van der Waals surface area contributed by atoms with Crippen molar-refractivity contribution in [2.45, 2.75) is 0 Å². The molecule has 10 heteroatoms. The van der Waals surface area contributed by atoms with Gasteiger partial charge in [-0.1, -0.05) is 23.2 Å². The number of ether oxygens (including phenoxy) is 1. The molecule has 3 N–H and O–H groups in total. The number of fused-ring (bicyclic) bond motifs is 1. The van der Waals surface area contributed by atoms with Crippen LogP contribution in [0.4, 0.5) is 11.5 Å². The van der Waals surface area contributed by atoms with Crippen LogP contribution in [0.5, 0.6) is 5.75 Å². The van der Waals surface area contributed by atoms with Crippen molar-refractivity contribution in [2.24, 2.45) is 0 Å². The number of carbonyl (C=O) groups is 1. The first-order valence-corrected chi connectivity index (χ1v) is 8.70. The number of anilines is 2. The first-order chi connectivity index (χ1) is 13.4. The number of H-pyrrole nitrogens is 1. The second kappa shape index (κ2) is 8.17. The number of aromatic amines is 1. The molecule has 3 aromatic rings. The van der Waals surface area contributed by atoms with Gasteiger partial charge in [-0.25, -0.2) is 4.98 Å². The Kier molecular flexibility index (Phi) is 5.68. The fourth-order valence-corrected chi connectivity index (χ4v) is 2.74. The Morgan fingerprint density at radius 3 is 2.82 bits per heavy atom. The average Bonchev–Trinajstić information content (AvgIpc) is 2.68. The quantitative estimate of drug-likeness (QED) is 0.548. The van der Waals surface area contributed by atoms with Crippen LogP contribution in [-0.4, -0.2) is 29.5 Å². The Balaban J connectivity index is 1.92. The van der Waals surface area contributed by atoms with Gasteiger partial charge < -0.3 is 20.4 Å². The molecule has 142 valence electrons. The number of nitrogens with one attached hydrogen (secondary N) is 3. The van der Waals surface area contributed by atoms with Crippen molar-refractivity contribution in [1.29, 1.82) is 5.26 Å². The van der Waals surface area contributed by atoms with Crippen LogP contribution < -0.4 is 20.9 Å². The van der Waals surface area contributed by atoms with Crippen LogP contribution in [0.1, 0.15) is 5.56 Å². The van der Waals surface area contributed by atoms with Crippen molar-refractivity contribution in [2.75, 3.05) is 19.0 Å². The van der Waals surface area contributed by atoms with E-state index in [4.69, 9.17) is 33.2 Å². The van der Waals surface area contributed by atoms with Gasteiger partial charge in [0.15, 0.2) is 18.2 Å². The number of carbonyl (C=O) groups excluding carboxylic acids is 1. The van der Waals surface area contributed by atoms with E-state index in [1.54, 1.807) is 18.2 Å². The Labute approximate surface area is 169 Å². The first-order valence-electron chi connectivity index (χ1n) is 7.95. The van der Waals surface area contributed by atoms with Gasteiger partial charge >= 0.3 is 0 Å². The zero-order valence-electron chi connectivity index (χ0n) is 14.5. The molecule has 0 fully saturated rings. The van der Waals surface area contributed by atoms with E-state index in [-0.39, 0.29) is 39.8 Å². The van der Waals surface area contributed by atoms with Gasteiger partial charge in [0.05, 0.1) is 10.6 Å². The second-order valence-electron chi connectivity index (χ2n) is 5.62. The minimum absolute atomic E-state index is 0.0193. The molecule has 0 saturated heterocycles. The summed E-state index contributed by atoms with van der Waals surface area (Å²) in [6, 6.07) is 10.0. The average molecular weight is 418 g/mol. The molecule has 0 unspecified atom stereocenters. The number of pyridine rings is 2. The minimum Gasteiger partial charge on any atom is -0.478 e. The van der Waals surface area contributed by atoms with E-state index >= 15 is 0 Å². The van der Waals surface area contributed by atoms with E-state index in [1.165, 1.54) is 19.2 Å². The molecule has 3 rings (SSSR count). The van der Waals surface area contributed by atoms with Crippen molar-refractivity contribution in [3.8, 4) is 11.8 Å². The van der Waals surface area contributed by atoms with Crippen LogP contribution in [-0.2, 0) is 4.79 Å². The number of aromatic nitrogens is 2. The topological polar surface area (TPSA) is 120 Å². The second-order valence-corrected chi connectivity index (χ2v) is 6.39. The van der Waals surface area contributed by atoms with E-state index in [0.717, 1.165) is 0 Å². The highest BCUT2D eigenvalue weighted by atomic mass is 35.5. The lowest BCUT2D eigenvalue weighted by Gasteiger charge is -2.10. The summed E-state index contributed by atoms with van der Waals surface area (Å²) in [4.78, 5) is 30.1. The largest absolute Gasteiger partial charge is 0.478 e. The summed E-state index contributed by atoms with van der Waals surface area (Å²) in [5, 5.41) is 15.3. The maximum Gasteiger partial charge on any atom is 0.290 e. The van der Waals surface area contributed by atoms with Gasteiger partial charge in [-0.15, -0.1) is 0 Å². The molecule has 0 aliphatic carbocycles. The molecule has 8 nitrogen and oxygen atoms in total. The number of rotatable bonds is 5. The van der Waals surface area contributed by atoms with E-state index in [2.05, 4.69) is 20.6 Å². The summed E-state index contributed by atoms with van der Waals surface area (Å²) in [5.41, 5.74) is 0.929. The number of amides is 1. The van der Waals surface area contributed by atoms with Crippen molar-refractivity contribution in [3.05, 3.63) is 56.4 Å². The number of nitriles is 1. The fourth-order valence-electron chi connectivity index (χ4n) is 2.36. The Bertz CT molecular complexity index is 1170. The molecule has 0 saturated carbocycles. The van der Waals surface area contributed by atoms with Crippen LogP contribution in [0.25, 0.3) is 10.9 Å². The zero-order chi connectivity index (χ0) is 20.3. The number of nitrogens with zero attached hydrogens (tertiary/aromatic N) is 2. The Morgan fingerprint density at radius 2 is 2.11 bits per heavy atom. The van der Waals surface area contributed by atoms with Gasteiger partial charge in [-0.3, -0.25) is 9.59 Å². The monoisotopic (exact) mass is 417 g/mol. The highest BCUT2D eigenvalue weighted by Gasteiger charge is 2.11. The van der Waals surface area contributed by atoms with Crippen LogP contribution in [0, 0.1) is 11.3 Å². The Hall–Kier alpha value is -3.28. The maximum absolute atomic E-state index is 12.1. The van der Waals surface area contributed by atoms with Crippen LogP contribution in [0.15, 0.2) is 35.1 Å². The van der Waals surface area contributed by atoms with Gasteiger partial charge in [0, 0.05) is 23.6 Å². The molecule has 2 heterocycles. The molecule has 0 atom stereocenters. The number of benzene rings is 1. The third-order valence-corrected chi connectivity index (χ3v) is 4.34. The van der Waals surface area contributed by atoms with Gasteiger partial charge in [0.25, 0.3) is 11.5 Å². The standard InChI is InChI=1S/C18H13Cl2N5O3/c1-22-15(26)8-28-14-6-9-4-11(2-3-13(9)24-18(14)27)23-17-12(19)5-10(7-21)16(20)25-17/h2-6H,8H2,1H3,(H,22,26)(H,23,25)(H,24,27). The minimum atomic E-state index is -0.444. The van der Waals surface area contributed by atoms with Gasteiger partial charge in [0.1, 0.15) is 11.2 Å². The van der Waals surface area contributed by atoms with Gasteiger partial charge in [-0.2, -0.15) is 5.26 Å². The molecule has 0 radical (unpaired) electrons. The van der Waals surface area contributed by atoms with E-state index in [0.29, 0.717) is 16.6 Å². The van der Waals surface area contributed by atoms with Crippen LogP contribution in [0.3, 0.4) is 0 Å². The molecule has 1 aromatic carbocycles. The third kappa shape index (κ3) is 4.17. The number of likely N-dealkylation sites (N-methyl/N-ethyl adjacent to an activating group) is 1. The molecule has 1 amide bonds. The van der Waals surface area contributed by atoms with Crippen molar-refractivity contribution in [3.63, 3.8) is 0 Å². The third-order valence-electron chi connectivity index (χ3n) is 3.76. The molecule has 0 aliphatic rings. The highest BCUT2D eigenvalue weighted by Crippen LogP contribution is 2.29. The SMILES string of the molecule is CNC(=O)COc1cc2cc(Nc3nc(Cl)c(C#N)cc3Cl)ccc2[nH]c1=O. The molecule has 0 spiro atoms. The van der Waals surface area contributed by atoms with Gasteiger partial charge in [-0.05, 0) is 30.3 Å². The summed E-state index contributed by atoms with van der Waals surface area (Å²) >= 11 is 12.1. The molecular weight excluding hydrogens is 405 g/mol. The number of hydrogen-bond acceptors (Lipinski definition) is 6. The zero-order valence-corrected chi connectivity index (χ0v) is 16.0. The summed E-state index contributed by atoms with van der Waals surface area (Å²) in [6.07, 6.45) is 0. The Morgan fingerprint density at radius 1 is 1.32 bits per heavy atom. The lowest BCUT2D eigenvalue weighted by molar-refractivity contribution is -0.122. The predicted molar refractivity (Wildman–Crippen MR) is 106 cm³/mol. The van der Waals surface area contributed by atoms with Gasteiger partial charge in [0.2, 0.25) is 0 Å². The summed E-state index contributed by atoms with van der Waals surface area (Å²) in [5.74, 6) is -0.0512. The molecule has 0 aliphatic heterocycles. The molecular formula is C18H13Cl2N5O3. The molecule has 0 bridgehead atoms. The number of hydrogen-bond donors (Lipinski definition) is 3. The van der Waals surface area contributed by atoms with Crippen LogP contribution in [0.2, 0.25) is 10.2 Å². The first kappa shape index (κ1) is 19.5. The summed E-state index contributed by atoms with van der Waals surface area (Å²) in [7, 11) is 1.48. The molecule has 28 heavy (non-hydrogen) atoms. The number of halogens is 2. The summed E-state index contributed by atoms with van der Waals surface area (Å²) < 4.78 is 5.26. The summed E-state index contributed by atoms with van der Waals surface area (Å²) in [6.45, 7) is -0.272. The van der Waals surface area contributed by atoms with E-state index in [1.807, 2.05) is 6.07 Å². The maximum atomic E-state index is 12.1. The van der Waals surface area contributed by atoms with Crippen LogP contribution >= 0.6 is 23.2 Å². The fraction of sp³-hybridized carbons (Fsp3) is 0.111. The van der Waals surface area contributed by atoms with Crippen molar-refractivity contribution < 1.29 is 9.53 Å². The normalized spacial score (nSPS) is 10.4. The highest BCUT2D eigenvalue weighted by molar-refractivity contribution is 6.35. The van der Waals surface area contributed by atoms with E-state index < -0.39 is 5.56 Å². The lowest BCUT2D eigenvalue weighted by atomic mass is 10.2. The molecule has 2 aromatic heterocycles. The van der Waals surface area contributed by atoms with E-state index in [9.17, 15) is 9.59 Å². The smallest absolute Gasteiger partial charge is 0.290 e. The van der Waals surface area contributed by atoms with Crippen molar-refractivity contribution >= 4 is 51.5 Å².